The van der Waals surface area contributed by atoms with Gasteiger partial charge in [-0.15, -0.1) is 11.3 Å². The fraction of sp³-hybridized carbons (Fsp3) is 0.0476. The number of anilines is 2. The van der Waals surface area contributed by atoms with E-state index in [1.807, 2.05) is 0 Å². The lowest BCUT2D eigenvalue weighted by molar-refractivity contribution is -0.130. The largest absolute Gasteiger partial charge is 0.402 e. The summed E-state index contributed by atoms with van der Waals surface area (Å²) in [4.78, 5) is 34.3. The second-order valence-corrected chi connectivity index (χ2v) is 7.51. The number of benzene rings is 2. The van der Waals surface area contributed by atoms with Gasteiger partial charge in [0.2, 0.25) is 11.8 Å². The summed E-state index contributed by atoms with van der Waals surface area (Å²) in [6.45, 7) is 1.42. The summed E-state index contributed by atoms with van der Waals surface area (Å²) in [7, 11) is 0. The van der Waals surface area contributed by atoms with Gasteiger partial charge in [0, 0.05) is 22.9 Å². The number of ether oxygens (including phenoxy) is 1. The maximum atomic E-state index is 13.4. The van der Waals surface area contributed by atoms with Crippen molar-refractivity contribution in [2.75, 3.05) is 4.90 Å². The zero-order valence-electron chi connectivity index (χ0n) is 15.5. The maximum Gasteiger partial charge on any atom is 0.363 e. The Kier molecular flexibility index (Phi) is 5.43. The number of rotatable bonds is 4. The molecule has 0 saturated carbocycles. The molecule has 0 N–H and O–H groups in total. The minimum Gasteiger partial charge on any atom is -0.402 e. The van der Waals surface area contributed by atoms with Crippen molar-refractivity contribution in [3.8, 4) is 0 Å². The number of esters is 1. The molecule has 30 heavy (non-hydrogen) atoms. The van der Waals surface area contributed by atoms with Crippen molar-refractivity contribution in [3.63, 3.8) is 0 Å². The molecular formula is C21H13ClFN3O3S. The van der Waals surface area contributed by atoms with Crippen LogP contribution in [0.2, 0.25) is 5.02 Å². The Morgan fingerprint density at radius 3 is 2.77 bits per heavy atom. The molecule has 0 atom stereocenters. The molecule has 150 valence electrons. The number of cyclic esters (lactones) is 1. The van der Waals surface area contributed by atoms with Crippen LogP contribution in [0.25, 0.3) is 6.08 Å². The minimum atomic E-state index is -0.665. The lowest BCUT2D eigenvalue weighted by Gasteiger charge is -2.18. The van der Waals surface area contributed by atoms with E-state index in [0.717, 1.165) is 0 Å². The van der Waals surface area contributed by atoms with Gasteiger partial charge >= 0.3 is 5.97 Å². The van der Waals surface area contributed by atoms with Gasteiger partial charge < -0.3 is 4.74 Å². The van der Waals surface area contributed by atoms with Gasteiger partial charge in [0.15, 0.2) is 10.8 Å². The highest BCUT2D eigenvalue weighted by Gasteiger charge is 2.25. The molecule has 3 aromatic rings. The molecule has 2 aromatic carbocycles. The molecule has 1 aliphatic rings. The van der Waals surface area contributed by atoms with E-state index >= 15 is 0 Å². The Morgan fingerprint density at radius 2 is 2.03 bits per heavy atom. The Bertz CT molecular complexity index is 1220. The standard InChI is InChI=1S/C21H13ClFN3O3S/c1-12(27)26(17-7-3-5-14(22)9-17)21-24-16(11-30-21)10-18-20(28)29-19(25-18)13-4-2-6-15(23)8-13/h2-11H,1H3/b18-10-. The Labute approximate surface area is 179 Å². The van der Waals surface area contributed by atoms with Crippen molar-refractivity contribution >= 4 is 57.6 Å². The zero-order valence-corrected chi connectivity index (χ0v) is 17.1. The lowest BCUT2D eigenvalue weighted by atomic mass is 10.2. The van der Waals surface area contributed by atoms with Crippen LogP contribution in [-0.4, -0.2) is 22.8 Å². The highest BCUT2D eigenvalue weighted by atomic mass is 35.5. The zero-order chi connectivity index (χ0) is 21.3. The predicted molar refractivity (Wildman–Crippen MR) is 113 cm³/mol. The third-order valence-electron chi connectivity index (χ3n) is 4.06. The van der Waals surface area contributed by atoms with E-state index in [-0.39, 0.29) is 17.5 Å². The highest BCUT2D eigenvalue weighted by molar-refractivity contribution is 7.14. The molecule has 0 spiro atoms. The molecule has 0 saturated heterocycles. The first-order chi connectivity index (χ1) is 14.4. The number of carbonyl (C=O) groups is 2. The van der Waals surface area contributed by atoms with Gasteiger partial charge in [-0.05, 0) is 42.5 Å². The van der Waals surface area contributed by atoms with Gasteiger partial charge in [-0.2, -0.15) is 0 Å². The van der Waals surface area contributed by atoms with Crippen LogP contribution in [0.5, 0.6) is 0 Å². The van der Waals surface area contributed by atoms with Crippen molar-refractivity contribution in [2.24, 2.45) is 4.99 Å². The van der Waals surface area contributed by atoms with Crippen molar-refractivity contribution in [2.45, 2.75) is 6.92 Å². The lowest BCUT2D eigenvalue weighted by Crippen LogP contribution is -2.22. The molecule has 0 aliphatic carbocycles. The number of aromatic nitrogens is 1. The molecular weight excluding hydrogens is 429 g/mol. The first kappa shape index (κ1) is 19.9. The van der Waals surface area contributed by atoms with E-state index < -0.39 is 11.8 Å². The average Bonchev–Trinajstić information content (AvgIpc) is 3.29. The summed E-state index contributed by atoms with van der Waals surface area (Å²) in [5, 5.41) is 2.59. The second kappa shape index (κ2) is 8.17. The predicted octanol–water partition coefficient (Wildman–Crippen LogP) is 4.96. The number of carbonyl (C=O) groups excluding carboxylic acids is 2. The highest BCUT2D eigenvalue weighted by Crippen LogP contribution is 2.31. The molecule has 6 nitrogen and oxygen atoms in total. The van der Waals surface area contributed by atoms with Gasteiger partial charge in [0.1, 0.15) is 5.82 Å². The molecule has 0 fully saturated rings. The molecule has 0 bridgehead atoms. The van der Waals surface area contributed by atoms with Gasteiger partial charge in [0.05, 0.1) is 11.4 Å². The second-order valence-electron chi connectivity index (χ2n) is 6.24. The normalized spacial score (nSPS) is 14.6. The fourth-order valence-electron chi connectivity index (χ4n) is 2.78. The van der Waals surface area contributed by atoms with Crippen molar-refractivity contribution < 1.29 is 18.7 Å². The minimum absolute atomic E-state index is 0.0190. The SMILES string of the molecule is CC(=O)N(c1cccc(Cl)c1)c1nc(/C=C2\N=C(c3cccc(F)c3)OC2=O)cs1. The quantitative estimate of drug-likeness (QED) is 0.423. The van der Waals surface area contributed by atoms with E-state index in [1.165, 1.54) is 47.4 Å². The molecule has 4 rings (SSSR count). The van der Waals surface area contributed by atoms with Crippen LogP contribution in [0.4, 0.5) is 15.2 Å². The maximum absolute atomic E-state index is 13.4. The number of nitrogens with zero attached hydrogens (tertiary/aromatic N) is 3. The first-order valence-electron chi connectivity index (χ1n) is 8.71. The van der Waals surface area contributed by atoms with Crippen molar-refractivity contribution in [3.05, 3.63) is 81.7 Å². The number of hydrogen-bond donors (Lipinski definition) is 0. The average molecular weight is 442 g/mol. The summed E-state index contributed by atoms with van der Waals surface area (Å²) in [6, 6.07) is 12.5. The molecule has 1 aromatic heterocycles. The summed E-state index contributed by atoms with van der Waals surface area (Å²) < 4.78 is 18.5. The molecule has 0 unspecified atom stereocenters. The molecule has 9 heteroatoms. The molecule has 1 aliphatic heterocycles. The topological polar surface area (TPSA) is 71.9 Å². The van der Waals surface area contributed by atoms with Crippen LogP contribution in [-0.2, 0) is 14.3 Å². The Hall–Kier alpha value is -3.36. The van der Waals surface area contributed by atoms with E-state index in [1.54, 1.807) is 35.7 Å². The van der Waals surface area contributed by atoms with Crippen molar-refractivity contribution in [1.29, 1.82) is 0 Å². The third-order valence-corrected chi connectivity index (χ3v) is 5.14. The van der Waals surface area contributed by atoms with Crippen LogP contribution in [0, 0.1) is 5.82 Å². The Balaban J connectivity index is 1.64. The van der Waals surface area contributed by atoms with Gasteiger partial charge in [-0.1, -0.05) is 23.7 Å². The summed E-state index contributed by atoms with van der Waals surface area (Å²) in [6.07, 6.45) is 1.45. The van der Waals surface area contributed by atoms with Crippen LogP contribution in [0.1, 0.15) is 18.2 Å². The summed E-state index contributed by atoms with van der Waals surface area (Å²) >= 11 is 7.26. The van der Waals surface area contributed by atoms with Gasteiger partial charge in [-0.3, -0.25) is 9.69 Å². The van der Waals surface area contributed by atoms with Crippen LogP contribution in [0.15, 0.2) is 64.6 Å². The first-order valence-corrected chi connectivity index (χ1v) is 9.97. The van der Waals surface area contributed by atoms with E-state index in [9.17, 15) is 14.0 Å². The van der Waals surface area contributed by atoms with Gasteiger partial charge in [-0.25, -0.2) is 19.2 Å². The number of aliphatic imine (C=N–C) groups is 1. The van der Waals surface area contributed by atoms with Crippen LogP contribution < -0.4 is 4.90 Å². The monoisotopic (exact) mass is 441 g/mol. The van der Waals surface area contributed by atoms with Crippen LogP contribution in [0.3, 0.4) is 0 Å². The van der Waals surface area contributed by atoms with Gasteiger partial charge in [0.25, 0.3) is 0 Å². The number of thiazole rings is 1. The number of halogens is 2. The smallest absolute Gasteiger partial charge is 0.363 e. The van der Waals surface area contributed by atoms with E-state index in [4.69, 9.17) is 16.3 Å². The van der Waals surface area contributed by atoms with E-state index in [0.29, 0.717) is 27.1 Å². The molecule has 2 heterocycles. The summed E-state index contributed by atoms with van der Waals surface area (Å²) in [5.74, 6) is -1.34. The molecule has 1 amide bonds. The molecule has 0 radical (unpaired) electrons. The fourth-order valence-corrected chi connectivity index (χ4v) is 3.81. The van der Waals surface area contributed by atoms with E-state index in [2.05, 4.69) is 9.98 Å². The van der Waals surface area contributed by atoms with Crippen LogP contribution >= 0.6 is 22.9 Å². The van der Waals surface area contributed by atoms with Crippen molar-refractivity contribution in [1.82, 2.24) is 4.98 Å². The third kappa shape index (κ3) is 4.14. The summed E-state index contributed by atoms with van der Waals surface area (Å²) in [5.41, 5.74) is 1.40. The number of amides is 1. The Morgan fingerprint density at radius 1 is 1.23 bits per heavy atom. The number of hydrogen-bond acceptors (Lipinski definition) is 6.